The van der Waals surface area contributed by atoms with E-state index < -0.39 is 0 Å². The average Bonchev–Trinajstić information content (AvgIpc) is 2.75. The van der Waals surface area contributed by atoms with Gasteiger partial charge in [0, 0.05) is 78.1 Å². The fourth-order valence-corrected chi connectivity index (χ4v) is 4.25. The van der Waals surface area contributed by atoms with Crippen LogP contribution in [-0.4, -0.2) is 98.6 Å². The van der Waals surface area contributed by atoms with Gasteiger partial charge in [-0.25, -0.2) is 0 Å². The van der Waals surface area contributed by atoms with Gasteiger partial charge in [0.05, 0.1) is 6.54 Å². The molecule has 1 aromatic carbocycles. The molecule has 30 heavy (non-hydrogen) atoms. The van der Waals surface area contributed by atoms with Gasteiger partial charge >= 0.3 is 0 Å². The van der Waals surface area contributed by atoms with Crippen molar-refractivity contribution in [1.29, 1.82) is 0 Å². The molecule has 3 rings (SSSR count). The largest absolute Gasteiger partial charge is 0.368 e. The topological polar surface area (TPSA) is 54.4 Å². The lowest BCUT2D eigenvalue weighted by molar-refractivity contribution is -0.130. The van der Waals surface area contributed by atoms with E-state index in [0.717, 1.165) is 78.0 Å². The zero-order chi connectivity index (χ0) is 21.5. The zero-order valence-corrected chi connectivity index (χ0v) is 19.2. The fourth-order valence-electron chi connectivity index (χ4n) is 4.25. The summed E-state index contributed by atoms with van der Waals surface area (Å²) in [7, 11) is 0. The van der Waals surface area contributed by atoms with Crippen molar-refractivity contribution in [2.45, 2.75) is 27.7 Å². The number of carbonyl (C=O) groups is 1. The summed E-state index contributed by atoms with van der Waals surface area (Å²) < 4.78 is 0. The minimum atomic E-state index is 0.183. The van der Waals surface area contributed by atoms with Crippen LogP contribution in [-0.2, 0) is 4.79 Å². The number of hydrogen-bond donors (Lipinski definition) is 1. The molecule has 7 nitrogen and oxygen atoms in total. The first-order valence-electron chi connectivity index (χ1n) is 11.3. The maximum Gasteiger partial charge on any atom is 0.219 e. The van der Waals surface area contributed by atoms with E-state index in [1.165, 1.54) is 16.8 Å². The third-order valence-electron chi connectivity index (χ3n) is 6.33. The van der Waals surface area contributed by atoms with Crippen LogP contribution in [0.1, 0.15) is 25.0 Å². The van der Waals surface area contributed by atoms with Gasteiger partial charge in [-0.2, -0.15) is 0 Å². The number of anilines is 1. The van der Waals surface area contributed by atoms with Crippen LogP contribution in [0, 0.1) is 13.8 Å². The Bertz CT molecular complexity index is 733. The molecule has 0 aromatic heterocycles. The number of benzene rings is 1. The Morgan fingerprint density at radius 3 is 2.30 bits per heavy atom. The molecule has 0 bridgehead atoms. The van der Waals surface area contributed by atoms with Crippen molar-refractivity contribution in [2.75, 3.05) is 76.9 Å². The highest BCUT2D eigenvalue weighted by atomic mass is 16.2. The highest BCUT2D eigenvalue weighted by Crippen LogP contribution is 2.23. The van der Waals surface area contributed by atoms with Crippen LogP contribution < -0.4 is 10.2 Å². The standard InChI is InChI=1S/C23H38N6O/c1-5-24-23(25-9-10-26-11-13-27(14-12-26)21(4)30)29-17-15-28(16-18-29)22-8-6-7-19(2)20(22)3/h6-8H,5,9-18H2,1-4H3,(H,24,25). The Kier molecular flexibility index (Phi) is 7.96. The first-order chi connectivity index (χ1) is 14.5. The summed E-state index contributed by atoms with van der Waals surface area (Å²) in [5.74, 6) is 1.21. The molecule has 0 saturated carbocycles. The summed E-state index contributed by atoms with van der Waals surface area (Å²) in [6, 6.07) is 6.58. The number of amides is 1. The molecule has 1 aromatic rings. The number of hydrogen-bond acceptors (Lipinski definition) is 4. The molecule has 1 N–H and O–H groups in total. The monoisotopic (exact) mass is 414 g/mol. The highest BCUT2D eigenvalue weighted by Gasteiger charge is 2.22. The molecule has 1 amide bonds. The van der Waals surface area contributed by atoms with Crippen molar-refractivity contribution < 1.29 is 4.79 Å². The van der Waals surface area contributed by atoms with Crippen LogP contribution in [0.15, 0.2) is 23.2 Å². The Balaban J connectivity index is 1.50. The third-order valence-corrected chi connectivity index (χ3v) is 6.33. The molecule has 0 unspecified atom stereocenters. The van der Waals surface area contributed by atoms with E-state index in [1.54, 1.807) is 6.92 Å². The molecular formula is C23H38N6O. The second-order valence-electron chi connectivity index (χ2n) is 8.28. The van der Waals surface area contributed by atoms with Crippen molar-refractivity contribution in [2.24, 2.45) is 4.99 Å². The second-order valence-corrected chi connectivity index (χ2v) is 8.28. The van der Waals surface area contributed by atoms with E-state index in [2.05, 4.69) is 59.0 Å². The molecule has 0 aliphatic carbocycles. The summed E-state index contributed by atoms with van der Waals surface area (Å²) in [6.07, 6.45) is 0. The first-order valence-corrected chi connectivity index (χ1v) is 11.3. The SMILES string of the molecule is CCNC(=NCCN1CCN(C(C)=O)CC1)N1CCN(c2cccc(C)c2C)CC1. The van der Waals surface area contributed by atoms with E-state index in [9.17, 15) is 4.79 Å². The first kappa shape index (κ1) is 22.4. The number of guanidine groups is 1. The Morgan fingerprint density at radius 2 is 1.67 bits per heavy atom. The molecule has 2 aliphatic heterocycles. The van der Waals surface area contributed by atoms with Gasteiger partial charge in [-0.1, -0.05) is 12.1 Å². The average molecular weight is 415 g/mol. The lowest BCUT2D eigenvalue weighted by Gasteiger charge is -2.38. The van der Waals surface area contributed by atoms with Gasteiger partial charge in [-0.3, -0.25) is 14.7 Å². The summed E-state index contributed by atoms with van der Waals surface area (Å²) >= 11 is 0. The van der Waals surface area contributed by atoms with Gasteiger partial charge in [0.2, 0.25) is 5.91 Å². The molecule has 2 saturated heterocycles. The van der Waals surface area contributed by atoms with Crippen molar-refractivity contribution >= 4 is 17.6 Å². The second kappa shape index (κ2) is 10.7. The molecule has 2 aliphatic rings. The van der Waals surface area contributed by atoms with Crippen molar-refractivity contribution in [3.8, 4) is 0 Å². The van der Waals surface area contributed by atoms with Crippen LogP contribution in [0.25, 0.3) is 0 Å². The summed E-state index contributed by atoms with van der Waals surface area (Å²) in [4.78, 5) is 25.6. The van der Waals surface area contributed by atoms with E-state index >= 15 is 0 Å². The van der Waals surface area contributed by atoms with Gasteiger partial charge < -0.3 is 20.0 Å². The normalized spacial score (nSPS) is 18.7. The lowest BCUT2D eigenvalue weighted by atomic mass is 10.1. The van der Waals surface area contributed by atoms with E-state index in [1.807, 2.05) is 4.90 Å². The molecule has 0 radical (unpaired) electrons. The predicted molar refractivity (Wildman–Crippen MR) is 124 cm³/mol. The van der Waals surface area contributed by atoms with Gasteiger partial charge in [-0.05, 0) is 38.0 Å². The van der Waals surface area contributed by atoms with E-state index in [4.69, 9.17) is 4.99 Å². The lowest BCUT2D eigenvalue weighted by Crippen LogP contribution is -2.53. The molecule has 2 fully saturated rings. The molecule has 7 heteroatoms. The van der Waals surface area contributed by atoms with Gasteiger partial charge in [0.15, 0.2) is 5.96 Å². The molecule has 2 heterocycles. The van der Waals surface area contributed by atoms with Gasteiger partial charge in [0.1, 0.15) is 0 Å². The van der Waals surface area contributed by atoms with E-state index in [-0.39, 0.29) is 5.91 Å². The predicted octanol–water partition coefficient (Wildman–Crippen LogP) is 1.56. The zero-order valence-electron chi connectivity index (χ0n) is 19.2. The van der Waals surface area contributed by atoms with Crippen LogP contribution >= 0.6 is 0 Å². The minimum Gasteiger partial charge on any atom is -0.368 e. The number of aryl methyl sites for hydroxylation is 1. The number of nitrogens with zero attached hydrogens (tertiary/aromatic N) is 5. The van der Waals surface area contributed by atoms with Crippen LogP contribution in [0.2, 0.25) is 0 Å². The molecule has 0 spiro atoms. The highest BCUT2D eigenvalue weighted by molar-refractivity contribution is 5.80. The summed E-state index contributed by atoms with van der Waals surface area (Å²) in [5.41, 5.74) is 4.10. The Hall–Kier alpha value is -2.28. The molecule has 166 valence electrons. The van der Waals surface area contributed by atoms with Crippen LogP contribution in [0.5, 0.6) is 0 Å². The third kappa shape index (κ3) is 5.65. The smallest absolute Gasteiger partial charge is 0.219 e. The maximum atomic E-state index is 11.5. The number of aliphatic imine (C=N–C) groups is 1. The van der Waals surface area contributed by atoms with Crippen molar-refractivity contribution in [3.63, 3.8) is 0 Å². The van der Waals surface area contributed by atoms with Crippen molar-refractivity contribution in [3.05, 3.63) is 29.3 Å². The Labute approximate surface area is 181 Å². The number of nitrogens with one attached hydrogen (secondary N) is 1. The number of rotatable bonds is 5. The summed E-state index contributed by atoms with van der Waals surface area (Å²) in [5, 5.41) is 3.47. The summed E-state index contributed by atoms with van der Waals surface area (Å²) in [6.45, 7) is 18.4. The van der Waals surface area contributed by atoms with E-state index in [0.29, 0.717) is 0 Å². The number of piperazine rings is 2. The Morgan fingerprint density at radius 1 is 1.00 bits per heavy atom. The van der Waals surface area contributed by atoms with Gasteiger partial charge in [-0.15, -0.1) is 0 Å². The fraction of sp³-hybridized carbons (Fsp3) is 0.652. The van der Waals surface area contributed by atoms with Crippen LogP contribution in [0.4, 0.5) is 5.69 Å². The van der Waals surface area contributed by atoms with Gasteiger partial charge in [0.25, 0.3) is 0 Å². The molecular weight excluding hydrogens is 376 g/mol. The molecule has 0 atom stereocenters. The van der Waals surface area contributed by atoms with Crippen LogP contribution in [0.3, 0.4) is 0 Å². The number of carbonyl (C=O) groups excluding carboxylic acids is 1. The quantitative estimate of drug-likeness (QED) is 0.585. The van der Waals surface area contributed by atoms with Crippen molar-refractivity contribution in [1.82, 2.24) is 20.0 Å². The maximum absolute atomic E-state index is 11.5. The minimum absolute atomic E-state index is 0.183.